The summed E-state index contributed by atoms with van der Waals surface area (Å²) in [4.78, 5) is 6.62. The Labute approximate surface area is 144 Å². The van der Waals surface area contributed by atoms with Crippen LogP contribution in [0.1, 0.15) is 36.4 Å². The van der Waals surface area contributed by atoms with Crippen LogP contribution in [0.5, 0.6) is 0 Å². The second-order valence-electron chi connectivity index (χ2n) is 5.95. The molecule has 0 saturated carbocycles. The van der Waals surface area contributed by atoms with Gasteiger partial charge >= 0.3 is 0 Å². The van der Waals surface area contributed by atoms with Crippen LogP contribution in [0.3, 0.4) is 0 Å². The van der Waals surface area contributed by atoms with Crippen LogP contribution < -0.4 is 4.90 Å². The molecule has 0 radical (unpaired) electrons. The van der Waals surface area contributed by atoms with Gasteiger partial charge in [-0.25, -0.2) is 4.68 Å². The minimum atomic E-state index is 0.185. The van der Waals surface area contributed by atoms with E-state index in [1.807, 2.05) is 41.7 Å². The minimum absolute atomic E-state index is 0.185. The number of nitrogens with one attached hydrogen (secondary N) is 1. The third kappa shape index (κ3) is 2.71. The highest BCUT2D eigenvalue weighted by molar-refractivity contribution is 8.02. The van der Waals surface area contributed by atoms with Gasteiger partial charge in [0.2, 0.25) is 0 Å². The Hall–Kier alpha value is -2.54. The van der Waals surface area contributed by atoms with Crippen molar-refractivity contribution in [1.82, 2.24) is 25.0 Å². The Balaban J connectivity index is 1.63. The molecule has 0 fully saturated rings. The summed E-state index contributed by atoms with van der Waals surface area (Å²) in [5.41, 5.74) is 4.28. The van der Waals surface area contributed by atoms with Gasteiger partial charge in [0.25, 0.3) is 0 Å². The highest BCUT2D eigenvalue weighted by atomic mass is 32.2. The zero-order valence-corrected chi connectivity index (χ0v) is 14.3. The van der Waals surface area contributed by atoms with E-state index in [1.165, 1.54) is 0 Å². The first kappa shape index (κ1) is 15.0. The van der Waals surface area contributed by atoms with E-state index in [0.29, 0.717) is 5.92 Å². The molecule has 0 aliphatic carbocycles. The first-order valence-electron chi connectivity index (χ1n) is 7.82. The van der Waals surface area contributed by atoms with Crippen LogP contribution >= 0.6 is 11.8 Å². The van der Waals surface area contributed by atoms with E-state index in [1.54, 1.807) is 11.8 Å². The predicted octanol–water partition coefficient (Wildman–Crippen LogP) is 3.84. The zero-order chi connectivity index (χ0) is 16.5. The van der Waals surface area contributed by atoms with Crippen LogP contribution in [-0.2, 0) is 0 Å². The molecular weight excluding hydrogens is 320 g/mol. The lowest BCUT2D eigenvalue weighted by molar-refractivity contribution is 0.808. The molecule has 4 heterocycles. The Kier molecular flexibility index (Phi) is 3.86. The maximum Gasteiger partial charge on any atom is 0.112 e. The Bertz CT molecular complexity index is 852. The van der Waals surface area contributed by atoms with Crippen molar-refractivity contribution in [2.45, 2.75) is 25.1 Å². The number of anilines is 1. The van der Waals surface area contributed by atoms with E-state index in [4.69, 9.17) is 0 Å². The highest BCUT2D eigenvalue weighted by Gasteiger charge is 2.25. The van der Waals surface area contributed by atoms with Gasteiger partial charge in [-0.05, 0) is 23.5 Å². The quantitative estimate of drug-likeness (QED) is 0.783. The van der Waals surface area contributed by atoms with Crippen molar-refractivity contribution in [3.63, 3.8) is 0 Å². The fraction of sp³-hybridized carbons (Fsp3) is 0.235. The molecular formula is C17H18N6S. The lowest BCUT2D eigenvalue weighted by Gasteiger charge is -2.21. The maximum atomic E-state index is 4.53. The van der Waals surface area contributed by atoms with E-state index < -0.39 is 0 Å². The molecule has 1 unspecified atom stereocenters. The zero-order valence-electron chi connectivity index (χ0n) is 13.5. The summed E-state index contributed by atoms with van der Waals surface area (Å²) in [7, 11) is 0. The summed E-state index contributed by atoms with van der Waals surface area (Å²) in [6.07, 6.45) is 11.6. The van der Waals surface area contributed by atoms with Gasteiger partial charge in [0.1, 0.15) is 5.37 Å². The van der Waals surface area contributed by atoms with E-state index in [9.17, 15) is 0 Å². The molecule has 0 bridgehead atoms. The molecule has 0 aromatic carbocycles. The van der Waals surface area contributed by atoms with Crippen molar-refractivity contribution in [1.29, 1.82) is 0 Å². The van der Waals surface area contributed by atoms with Crippen molar-refractivity contribution >= 4 is 17.4 Å². The van der Waals surface area contributed by atoms with Crippen molar-refractivity contribution in [2.75, 3.05) is 4.90 Å². The lowest BCUT2D eigenvalue weighted by atomic mass is 10.1. The van der Waals surface area contributed by atoms with Gasteiger partial charge in [0.05, 0.1) is 30.0 Å². The molecule has 24 heavy (non-hydrogen) atoms. The van der Waals surface area contributed by atoms with Gasteiger partial charge in [-0.15, -0.1) is 11.8 Å². The fourth-order valence-electron chi connectivity index (χ4n) is 2.66. The van der Waals surface area contributed by atoms with E-state index in [-0.39, 0.29) is 5.37 Å². The predicted molar refractivity (Wildman–Crippen MR) is 96.0 cm³/mol. The van der Waals surface area contributed by atoms with Gasteiger partial charge in [0, 0.05) is 29.9 Å². The Morgan fingerprint density at radius 3 is 2.96 bits per heavy atom. The number of pyridine rings is 1. The number of nitrogens with zero attached hydrogens (tertiary/aromatic N) is 5. The molecule has 6 nitrogen and oxygen atoms in total. The SMILES string of the molecule is CC(C)c1cc(-n2cc(N3C=CSC3c3cn[nH]c3)cn2)ccn1. The second-order valence-corrected chi connectivity index (χ2v) is 6.94. The van der Waals surface area contributed by atoms with Crippen molar-refractivity contribution in [3.05, 3.63) is 66.0 Å². The number of hydrogen-bond donors (Lipinski definition) is 1. The molecule has 1 aliphatic rings. The summed E-state index contributed by atoms with van der Waals surface area (Å²) in [6.45, 7) is 4.28. The minimum Gasteiger partial charge on any atom is -0.328 e. The number of aromatic amines is 1. The summed E-state index contributed by atoms with van der Waals surface area (Å²) in [6, 6.07) is 4.06. The van der Waals surface area contributed by atoms with Crippen LogP contribution in [0.15, 0.2) is 54.7 Å². The molecule has 1 aliphatic heterocycles. The van der Waals surface area contributed by atoms with Gasteiger partial charge in [-0.1, -0.05) is 13.8 Å². The monoisotopic (exact) mass is 338 g/mol. The number of aromatic nitrogens is 5. The molecule has 3 aromatic rings. The molecule has 0 amide bonds. The Morgan fingerprint density at radius 2 is 2.17 bits per heavy atom. The van der Waals surface area contributed by atoms with Crippen LogP contribution in [0.4, 0.5) is 5.69 Å². The number of thioether (sulfide) groups is 1. The van der Waals surface area contributed by atoms with E-state index in [2.05, 4.69) is 56.7 Å². The average Bonchev–Trinajstić information content (AvgIpc) is 3.33. The highest BCUT2D eigenvalue weighted by Crippen LogP contribution is 2.41. The molecule has 1 N–H and O–H groups in total. The molecule has 1 atom stereocenters. The van der Waals surface area contributed by atoms with Crippen LogP contribution in [-0.4, -0.2) is 25.0 Å². The third-order valence-electron chi connectivity index (χ3n) is 3.97. The number of rotatable bonds is 4. The summed E-state index contributed by atoms with van der Waals surface area (Å²) in [5.74, 6) is 0.392. The topological polar surface area (TPSA) is 62.6 Å². The summed E-state index contributed by atoms with van der Waals surface area (Å²) >= 11 is 1.75. The smallest absolute Gasteiger partial charge is 0.112 e. The van der Waals surface area contributed by atoms with Crippen molar-refractivity contribution in [2.24, 2.45) is 0 Å². The van der Waals surface area contributed by atoms with Crippen LogP contribution in [0.2, 0.25) is 0 Å². The summed E-state index contributed by atoms with van der Waals surface area (Å²) in [5, 5.41) is 13.7. The molecule has 4 rings (SSSR count). The molecule has 3 aromatic heterocycles. The first-order valence-corrected chi connectivity index (χ1v) is 8.77. The first-order chi connectivity index (χ1) is 11.7. The molecule has 0 saturated heterocycles. The molecule has 7 heteroatoms. The fourth-order valence-corrected chi connectivity index (χ4v) is 3.62. The van der Waals surface area contributed by atoms with Crippen LogP contribution in [0, 0.1) is 0 Å². The van der Waals surface area contributed by atoms with Gasteiger partial charge in [-0.3, -0.25) is 10.1 Å². The molecule has 0 spiro atoms. The normalized spacial score (nSPS) is 17.1. The maximum absolute atomic E-state index is 4.53. The van der Waals surface area contributed by atoms with E-state index in [0.717, 1.165) is 22.6 Å². The van der Waals surface area contributed by atoms with Crippen molar-refractivity contribution in [3.8, 4) is 5.69 Å². The lowest BCUT2D eigenvalue weighted by Crippen LogP contribution is -2.15. The van der Waals surface area contributed by atoms with Crippen molar-refractivity contribution < 1.29 is 0 Å². The third-order valence-corrected chi connectivity index (χ3v) is 5.01. The number of H-pyrrole nitrogens is 1. The largest absolute Gasteiger partial charge is 0.328 e. The molecule has 122 valence electrons. The number of hydrogen-bond acceptors (Lipinski definition) is 5. The Morgan fingerprint density at radius 1 is 1.25 bits per heavy atom. The van der Waals surface area contributed by atoms with E-state index >= 15 is 0 Å². The second kappa shape index (κ2) is 6.16. The summed E-state index contributed by atoms with van der Waals surface area (Å²) < 4.78 is 1.89. The van der Waals surface area contributed by atoms with Gasteiger partial charge < -0.3 is 4.90 Å². The van der Waals surface area contributed by atoms with Crippen LogP contribution in [0.25, 0.3) is 5.69 Å². The standard InChI is InChI=1S/C17H18N6S/c1-12(2)16-7-14(3-4-18-16)23-11-15(10-21-23)22-5-6-24-17(22)13-8-19-20-9-13/h3-12,17H,1-2H3,(H,19,20). The average molecular weight is 338 g/mol. The van der Waals surface area contributed by atoms with Gasteiger partial charge in [0.15, 0.2) is 0 Å². The van der Waals surface area contributed by atoms with Gasteiger partial charge in [-0.2, -0.15) is 10.2 Å².